The van der Waals surface area contributed by atoms with Gasteiger partial charge in [0.15, 0.2) is 0 Å². The van der Waals surface area contributed by atoms with Crippen molar-refractivity contribution < 1.29 is 22.3 Å². The van der Waals surface area contributed by atoms with Crippen molar-refractivity contribution >= 4 is 16.0 Å². The van der Waals surface area contributed by atoms with Gasteiger partial charge in [-0.15, -0.1) is 0 Å². The van der Waals surface area contributed by atoms with Gasteiger partial charge in [0.05, 0.1) is 11.5 Å². The van der Waals surface area contributed by atoms with E-state index in [0.29, 0.717) is 0 Å². The van der Waals surface area contributed by atoms with Crippen LogP contribution in [0.25, 0.3) is 0 Å². The number of aryl methyl sites for hydroxylation is 1. The van der Waals surface area contributed by atoms with Crippen molar-refractivity contribution in [3.63, 3.8) is 0 Å². The van der Waals surface area contributed by atoms with E-state index in [2.05, 4.69) is 9.46 Å². The number of esters is 1. The molecule has 5 nitrogen and oxygen atoms in total. The van der Waals surface area contributed by atoms with Crippen molar-refractivity contribution in [3.05, 3.63) is 29.6 Å². The minimum atomic E-state index is -3.84. The molecule has 0 spiro atoms. The highest BCUT2D eigenvalue weighted by atomic mass is 32.2. The number of hydrogen-bond donors (Lipinski definition) is 1. The molecule has 0 aliphatic rings. The highest BCUT2D eigenvalue weighted by Crippen LogP contribution is 2.15. The second kappa shape index (κ2) is 5.92. The molecule has 0 saturated carbocycles. The predicted molar refractivity (Wildman–Crippen MR) is 63.0 cm³/mol. The Morgan fingerprint density at radius 3 is 2.67 bits per heavy atom. The summed E-state index contributed by atoms with van der Waals surface area (Å²) in [6, 6.07) is 3.31. The van der Waals surface area contributed by atoms with Gasteiger partial charge in [0.1, 0.15) is 12.4 Å². The summed E-state index contributed by atoms with van der Waals surface area (Å²) < 4.78 is 43.2. The van der Waals surface area contributed by atoms with Gasteiger partial charge in [0, 0.05) is 0 Å². The quantitative estimate of drug-likeness (QED) is 0.813. The van der Waals surface area contributed by atoms with Crippen LogP contribution in [0.15, 0.2) is 23.1 Å². The third-order valence-electron chi connectivity index (χ3n) is 2.14. The lowest BCUT2D eigenvalue weighted by atomic mass is 10.2. The van der Waals surface area contributed by atoms with Crippen LogP contribution in [0.1, 0.15) is 12.5 Å². The van der Waals surface area contributed by atoms with Gasteiger partial charge >= 0.3 is 5.97 Å². The zero-order valence-electron chi connectivity index (χ0n) is 10.1. The Bertz CT molecular complexity index is 542. The number of ether oxygens (including phenoxy) is 1. The first kappa shape index (κ1) is 14.6. The summed E-state index contributed by atoms with van der Waals surface area (Å²) in [5.74, 6) is -1.18. The third kappa shape index (κ3) is 3.78. The zero-order valence-corrected chi connectivity index (χ0v) is 10.9. The number of hydrogen-bond acceptors (Lipinski definition) is 4. The van der Waals surface area contributed by atoms with Crippen molar-refractivity contribution in [2.24, 2.45) is 0 Å². The molecule has 0 saturated heterocycles. The average molecular weight is 275 g/mol. The number of benzene rings is 1. The maximum Gasteiger partial charge on any atom is 0.321 e. The van der Waals surface area contributed by atoms with Crippen molar-refractivity contribution in [2.75, 3.05) is 13.2 Å². The average Bonchev–Trinajstić information content (AvgIpc) is 2.26. The fraction of sp³-hybridized carbons (Fsp3) is 0.364. The van der Waals surface area contributed by atoms with Crippen LogP contribution >= 0.6 is 0 Å². The molecule has 0 unspecified atom stereocenters. The van der Waals surface area contributed by atoms with Crippen LogP contribution in [0.3, 0.4) is 0 Å². The van der Waals surface area contributed by atoms with E-state index in [4.69, 9.17) is 0 Å². The summed E-state index contributed by atoms with van der Waals surface area (Å²) in [4.78, 5) is 11.0. The molecule has 7 heteroatoms. The minimum Gasteiger partial charge on any atom is -0.465 e. The Kier molecular flexibility index (Phi) is 4.80. The standard InChI is InChI=1S/C11H14FNO4S/c1-3-17-11(14)7-13-18(15,16)10-5-4-9(12)6-8(10)2/h4-6,13H,3,7H2,1-2H3. The SMILES string of the molecule is CCOC(=O)CNS(=O)(=O)c1ccc(F)cc1C. The molecule has 1 aromatic carbocycles. The highest BCUT2D eigenvalue weighted by molar-refractivity contribution is 7.89. The van der Waals surface area contributed by atoms with Crippen LogP contribution < -0.4 is 4.72 Å². The fourth-order valence-electron chi connectivity index (χ4n) is 1.36. The molecule has 0 bridgehead atoms. The van der Waals surface area contributed by atoms with E-state index in [0.717, 1.165) is 18.2 Å². The number of rotatable bonds is 5. The molecule has 0 aliphatic carbocycles. The lowest BCUT2D eigenvalue weighted by molar-refractivity contribution is -0.141. The number of sulfonamides is 1. The van der Waals surface area contributed by atoms with E-state index in [9.17, 15) is 17.6 Å². The van der Waals surface area contributed by atoms with E-state index in [1.54, 1.807) is 6.92 Å². The second-order valence-corrected chi connectivity index (χ2v) is 5.27. The molecule has 0 atom stereocenters. The van der Waals surface area contributed by atoms with Gasteiger partial charge in [-0.1, -0.05) is 0 Å². The number of halogens is 1. The molecule has 0 aliphatic heterocycles. The zero-order chi connectivity index (χ0) is 13.8. The van der Waals surface area contributed by atoms with Gasteiger partial charge in [-0.25, -0.2) is 12.8 Å². The van der Waals surface area contributed by atoms with Gasteiger partial charge in [-0.3, -0.25) is 4.79 Å². The number of carbonyl (C=O) groups excluding carboxylic acids is 1. The monoisotopic (exact) mass is 275 g/mol. The van der Waals surface area contributed by atoms with Gasteiger partial charge in [-0.05, 0) is 37.6 Å². The molecule has 0 heterocycles. The highest BCUT2D eigenvalue weighted by Gasteiger charge is 2.18. The van der Waals surface area contributed by atoms with Crippen LogP contribution in [0, 0.1) is 12.7 Å². The van der Waals surface area contributed by atoms with E-state index >= 15 is 0 Å². The van der Waals surface area contributed by atoms with Crippen molar-refractivity contribution in [1.29, 1.82) is 0 Å². The molecule has 1 N–H and O–H groups in total. The van der Waals surface area contributed by atoms with Gasteiger partial charge in [-0.2, -0.15) is 4.72 Å². The first-order chi connectivity index (χ1) is 8.36. The van der Waals surface area contributed by atoms with E-state index in [1.807, 2.05) is 0 Å². The topological polar surface area (TPSA) is 72.5 Å². The molecular weight excluding hydrogens is 261 g/mol. The summed E-state index contributed by atoms with van der Waals surface area (Å²) in [7, 11) is -3.84. The molecule has 100 valence electrons. The summed E-state index contributed by atoms with van der Waals surface area (Å²) in [5.41, 5.74) is 0.270. The van der Waals surface area contributed by atoms with Gasteiger partial charge < -0.3 is 4.74 Å². The van der Waals surface area contributed by atoms with Crippen LogP contribution in [0.2, 0.25) is 0 Å². The predicted octanol–water partition coefficient (Wildman–Crippen LogP) is 0.976. The Hall–Kier alpha value is -1.47. The first-order valence-corrected chi connectivity index (χ1v) is 6.76. The molecular formula is C11H14FNO4S. The Labute approximate surface area is 105 Å². The lowest BCUT2D eigenvalue weighted by Gasteiger charge is -2.08. The smallest absolute Gasteiger partial charge is 0.321 e. The molecule has 0 radical (unpaired) electrons. The van der Waals surface area contributed by atoms with E-state index < -0.39 is 28.4 Å². The lowest BCUT2D eigenvalue weighted by Crippen LogP contribution is -2.31. The van der Waals surface area contributed by atoms with E-state index in [1.165, 1.54) is 6.92 Å². The maximum absolute atomic E-state index is 12.9. The summed E-state index contributed by atoms with van der Waals surface area (Å²) >= 11 is 0. The van der Waals surface area contributed by atoms with Crippen molar-refractivity contribution in [1.82, 2.24) is 4.72 Å². The van der Waals surface area contributed by atoms with Crippen LogP contribution in [-0.2, 0) is 19.6 Å². The van der Waals surface area contributed by atoms with Crippen molar-refractivity contribution in [3.8, 4) is 0 Å². The molecule has 1 aromatic rings. The fourth-order valence-corrected chi connectivity index (χ4v) is 2.55. The number of nitrogens with one attached hydrogen (secondary N) is 1. The largest absolute Gasteiger partial charge is 0.465 e. The summed E-state index contributed by atoms with van der Waals surface area (Å²) in [6.45, 7) is 2.82. The van der Waals surface area contributed by atoms with E-state index in [-0.39, 0.29) is 17.1 Å². The van der Waals surface area contributed by atoms with Crippen LogP contribution in [-0.4, -0.2) is 27.5 Å². The van der Waals surface area contributed by atoms with Crippen LogP contribution in [0.4, 0.5) is 4.39 Å². The molecule has 0 aromatic heterocycles. The Balaban J connectivity index is 2.83. The Morgan fingerprint density at radius 1 is 1.44 bits per heavy atom. The Morgan fingerprint density at radius 2 is 2.11 bits per heavy atom. The number of carbonyl (C=O) groups is 1. The molecule has 0 amide bonds. The summed E-state index contributed by atoms with van der Waals surface area (Å²) in [6.07, 6.45) is 0. The molecule has 18 heavy (non-hydrogen) atoms. The normalized spacial score (nSPS) is 11.3. The molecule has 0 fully saturated rings. The van der Waals surface area contributed by atoms with Gasteiger partial charge in [0.2, 0.25) is 10.0 Å². The third-order valence-corrected chi connectivity index (χ3v) is 3.70. The maximum atomic E-state index is 12.9. The first-order valence-electron chi connectivity index (χ1n) is 5.28. The van der Waals surface area contributed by atoms with Gasteiger partial charge in [0.25, 0.3) is 0 Å². The minimum absolute atomic E-state index is 0.0619. The van der Waals surface area contributed by atoms with Crippen molar-refractivity contribution in [2.45, 2.75) is 18.7 Å². The van der Waals surface area contributed by atoms with Crippen LogP contribution in [0.5, 0.6) is 0 Å². The summed E-state index contributed by atoms with van der Waals surface area (Å²) in [5, 5.41) is 0. The molecule has 1 rings (SSSR count). The second-order valence-electron chi connectivity index (χ2n) is 3.54.